The average Bonchev–Trinajstić information content (AvgIpc) is 2.88. The van der Waals surface area contributed by atoms with Crippen LogP contribution in [-0.2, 0) is 6.42 Å². The molecule has 0 aliphatic carbocycles. The van der Waals surface area contributed by atoms with Gasteiger partial charge in [-0.1, -0.05) is 20.8 Å². The number of hydrogen-bond acceptors (Lipinski definition) is 5. The Morgan fingerprint density at radius 2 is 2.11 bits per heavy atom. The zero-order chi connectivity index (χ0) is 14.0. The van der Waals surface area contributed by atoms with Gasteiger partial charge in [-0.2, -0.15) is 5.10 Å². The number of aryl methyl sites for hydroxylation is 1. The zero-order valence-electron chi connectivity index (χ0n) is 11.8. The maximum absolute atomic E-state index is 5.50. The Morgan fingerprint density at radius 1 is 1.37 bits per heavy atom. The van der Waals surface area contributed by atoms with Gasteiger partial charge < -0.3 is 5.43 Å². The van der Waals surface area contributed by atoms with Crippen LogP contribution in [-0.4, -0.2) is 19.7 Å². The van der Waals surface area contributed by atoms with Crippen molar-refractivity contribution in [2.24, 2.45) is 5.84 Å². The van der Waals surface area contributed by atoms with E-state index in [2.05, 4.69) is 34.3 Å². The summed E-state index contributed by atoms with van der Waals surface area (Å²) in [5.74, 6) is 8.05. The molecule has 102 valence electrons. The summed E-state index contributed by atoms with van der Waals surface area (Å²) in [6.07, 6.45) is 2.67. The minimum atomic E-state index is 0.390. The minimum absolute atomic E-state index is 0.390. The second-order valence-electron chi connectivity index (χ2n) is 4.77. The lowest BCUT2D eigenvalue weighted by Gasteiger charge is -2.11. The smallest absolute Gasteiger partial charge is 0.162 e. The van der Waals surface area contributed by atoms with E-state index in [-0.39, 0.29) is 0 Å². The van der Waals surface area contributed by atoms with Crippen molar-refractivity contribution < 1.29 is 0 Å². The van der Waals surface area contributed by atoms with Gasteiger partial charge in [-0.05, 0) is 18.9 Å². The molecule has 0 spiro atoms. The molecule has 0 atom stereocenters. The van der Waals surface area contributed by atoms with E-state index < -0.39 is 0 Å². The molecule has 0 aliphatic rings. The van der Waals surface area contributed by atoms with Crippen LogP contribution < -0.4 is 11.3 Å². The molecule has 2 rings (SSSR count). The Balaban J connectivity index is 2.53. The fraction of sp³-hybridized carbons (Fsp3) is 0.462. The molecular weight excluding hydrogens is 240 g/mol. The van der Waals surface area contributed by atoms with Crippen LogP contribution in [0.2, 0.25) is 0 Å². The van der Waals surface area contributed by atoms with Gasteiger partial charge in [0.2, 0.25) is 0 Å². The number of nitrogens with one attached hydrogen (secondary N) is 1. The lowest BCUT2D eigenvalue weighted by Crippen LogP contribution is -2.15. The second-order valence-corrected chi connectivity index (χ2v) is 4.77. The largest absolute Gasteiger partial charge is 0.308 e. The van der Waals surface area contributed by atoms with Crippen molar-refractivity contribution in [1.29, 1.82) is 0 Å². The topological polar surface area (TPSA) is 81.6 Å². The predicted octanol–water partition coefficient (Wildman–Crippen LogP) is 1.94. The van der Waals surface area contributed by atoms with Crippen LogP contribution in [0.3, 0.4) is 0 Å². The zero-order valence-corrected chi connectivity index (χ0v) is 11.8. The predicted molar refractivity (Wildman–Crippen MR) is 75.2 cm³/mol. The molecule has 0 amide bonds. The molecule has 3 N–H and O–H groups in total. The lowest BCUT2D eigenvalue weighted by atomic mass is 10.1. The van der Waals surface area contributed by atoms with Gasteiger partial charge in [0.25, 0.3) is 0 Å². The summed E-state index contributed by atoms with van der Waals surface area (Å²) in [7, 11) is 0. The normalized spacial score (nSPS) is 11.1. The maximum Gasteiger partial charge on any atom is 0.162 e. The highest BCUT2D eigenvalue weighted by Gasteiger charge is 2.13. The first-order chi connectivity index (χ1) is 9.06. The van der Waals surface area contributed by atoms with Crippen molar-refractivity contribution in [2.75, 3.05) is 5.43 Å². The van der Waals surface area contributed by atoms with Crippen LogP contribution in [0, 0.1) is 6.92 Å². The summed E-state index contributed by atoms with van der Waals surface area (Å²) in [6.45, 7) is 8.17. The Bertz CT molecular complexity index is 573. The number of anilines is 1. The van der Waals surface area contributed by atoms with Crippen LogP contribution in [0.5, 0.6) is 0 Å². The highest BCUT2D eigenvalue weighted by atomic mass is 15.3. The van der Waals surface area contributed by atoms with E-state index in [1.807, 2.05) is 26.1 Å². The van der Waals surface area contributed by atoms with Crippen molar-refractivity contribution in [3.8, 4) is 5.82 Å². The van der Waals surface area contributed by atoms with E-state index in [1.165, 1.54) is 0 Å². The summed E-state index contributed by atoms with van der Waals surface area (Å²) in [4.78, 5) is 8.89. The number of rotatable bonds is 4. The van der Waals surface area contributed by atoms with Crippen LogP contribution in [0.1, 0.15) is 43.8 Å². The van der Waals surface area contributed by atoms with E-state index in [0.717, 1.165) is 29.3 Å². The van der Waals surface area contributed by atoms with Gasteiger partial charge >= 0.3 is 0 Å². The third-order valence-corrected chi connectivity index (χ3v) is 3.04. The fourth-order valence-electron chi connectivity index (χ4n) is 1.84. The van der Waals surface area contributed by atoms with Crippen LogP contribution in [0.15, 0.2) is 12.3 Å². The highest BCUT2D eigenvalue weighted by molar-refractivity contribution is 5.50. The summed E-state index contributed by atoms with van der Waals surface area (Å²) in [5.41, 5.74) is 4.54. The molecular formula is C13H20N6. The van der Waals surface area contributed by atoms with Gasteiger partial charge in [-0.3, -0.25) is 0 Å². The standard InChI is InChI=1S/C13H20N6/c1-5-11-15-12(17-14)9(4)13(16-11)19-7-6-10(18-19)8(2)3/h6-8H,5,14H2,1-4H3,(H,15,16,17). The van der Waals surface area contributed by atoms with Gasteiger partial charge in [0, 0.05) is 18.2 Å². The van der Waals surface area contributed by atoms with Crippen LogP contribution in [0.4, 0.5) is 5.82 Å². The van der Waals surface area contributed by atoms with E-state index in [0.29, 0.717) is 11.7 Å². The quantitative estimate of drug-likeness (QED) is 0.648. The molecule has 6 heteroatoms. The summed E-state index contributed by atoms with van der Waals surface area (Å²) < 4.78 is 1.78. The number of nitrogens with two attached hydrogens (primary N) is 1. The molecule has 0 saturated carbocycles. The third kappa shape index (κ3) is 2.58. The molecule has 6 nitrogen and oxygen atoms in total. The van der Waals surface area contributed by atoms with Crippen molar-refractivity contribution in [3.63, 3.8) is 0 Å². The first-order valence-electron chi connectivity index (χ1n) is 6.46. The Kier molecular flexibility index (Phi) is 3.80. The van der Waals surface area contributed by atoms with Crippen molar-refractivity contribution in [1.82, 2.24) is 19.7 Å². The van der Waals surface area contributed by atoms with Gasteiger partial charge in [-0.25, -0.2) is 20.5 Å². The van der Waals surface area contributed by atoms with Crippen molar-refractivity contribution >= 4 is 5.82 Å². The molecule has 0 unspecified atom stereocenters. The number of hydrogen-bond donors (Lipinski definition) is 2. The van der Waals surface area contributed by atoms with E-state index in [4.69, 9.17) is 5.84 Å². The number of nitrogen functional groups attached to an aromatic ring is 1. The van der Waals surface area contributed by atoms with E-state index in [9.17, 15) is 0 Å². The number of hydrazine groups is 1. The summed E-state index contributed by atoms with van der Waals surface area (Å²) in [5, 5.41) is 4.55. The van der Waals surface area contributed by atoms with Gasteiger partial charge in [0.05, 0.1) is 5.69 Å². The first-order valence-corrected chi connectivity index (χ1v) is 6.46. The molecule has 2 aromatic rings. The summed E-state index contributed by atoms with van der Waals surface area (Å²) in [6, 6.07) is 2.01. The van der Waals surface area contributed by atoms with Crippen molar-refractivity contribution in [2.45, 2.75) is 40.0 Å². The van der Waals surface area contributed by atoms with Crippen LogP contribution in [0.25, 0.3) is 5.82 Å². The second kappa shape index (κ2) is 5.36. The van der Waals surface area contributed by atoms with Gasteiger partial charge in [-0.15, -0.1) is 0 Å². The number of aromatic nitrogens is 4. The number of nitrogens with zero attached hydrogens (tertiary/aromatic N) is 4. The first kappa shape index (κ1) is 13.5. The monoisotopic (exact) mass is 260 g/mol. The van der Waals surface area contributed by atoms with E-state index >= 15 is 0 Å². The average molecular weight is 260 g/mol. The lowest BCUT2D eigenvalue weighted by molar-refractivity contribution is 0.745. The van der Waals surface area contributed by atoms with Crippen LogP contribution >= 0.6 is 0 Å². The highest BCUT2D eigenvalue weighted by Crippen LogP contribution is 2.20. The molecule has 0 aromatic carbocycles. The van der Waals surface area contributed by atoms with Gasteiger partial charge in [0.15, 0.2) is 5.82 Å². The molecule has 0 aliphatic heterocycles. The Morgan fingerprint density at radius 3 is 2.63 bits per heavy atom. The molecule has 2 heterocycles. The van der Waals surface area contributed by atoms with Gasteiger partial charge in [0.1, 0.15) is 11.6 Å². The molecule has 0 saturated heterocycles. The SMILES string of the molecule is CCc1nc(NN)c(C)c(-n2ccc(C(C)C)n2)n1. The Labute approximate surface area is 113 Å². The fourth-order valence-corrected chi connectivity index (χ4v) is 1.84. The van der Waals surface area contributed by atoms with E-state index in [1.54, 1.807) is 4.68 Å². The molecule has 2 aromatic heterocycles. The molecule has 0 radical (unpaired) electrons. The third-order valence-electron chi connectivity index (χ3n) is 3.04. The maximum atomic E-state index is 5.50. The van der Waals surface area contributed by atoms with Crippen molar-refractivity contribution in [3.05, 3.63) is 29.3 Å². The molecule has 0 bridgehead atoms. The molecule has 19 heavy (non-hydrogen) atoms. The summed E-state index contributed by atoms with van der Waals surface area (Å²) >= 11 is 0. The Hall–Kier alpha value is -1.95. The molecule has 0 fully saturated rings. The minimum Gasteiger partial charge on any atom is -0.308 e.